The normalized spacial score (nSPS) is 28.2. The van der Waals surface area contributed by atoms with Gasteiger partial charge in [-0.05, 0) is 66.7 Å². The molecule has 2 saturated carbocycles. The van der Waals surface area contributed by atoms with Crippen LogP contribution in [-0.2, 0) is 14.3 Å². The molecule has 0 unspecified atom stereocenters. The summed E-state index contributed by atoms with van der Waals surface area (Å²) < 4.78 is 5.41. The second kappa shape index (κ2) is 6.89. The smallest absolute Gasteiger partial charge is 0.148 e. The van der Waals surface area contributed by atoms with E-state index in [1.54, 1.807) is 6.07 Å². The van der Waals surface area contributed by atoms with Crippen LogP contribution in [0, 0.1) is 11.8 Å². The van der Waals surface area contributed by atoms with Gasteiger partial charge >= 0.3 is 0 Å². The fourth-order valence-electron chi connectivity index (χ4n) is 4.51. The van der Waals surface area contributed by atoms with Crippen molar-refractivity contribution in [1.82, 2.24) is 0 Å². The summed E-state index contributed by atoms with van der Waals surface area (Å²) in [7, 11) is 0. The van der Waals surface area contributed by atoms with Crippen LogP contribution >= 0.6 is 0 Å². The minimum Gasteiger partial charge on any atom is -0.412 e. The molecule has 1 aromatic rings. The highest BCUT2D eigenvalue weighted by Crippen LogP contribution is 2.46. The predicted octanol–water partition coefficient (Wildman–Crippen LogP) is 2.87. The molecular weight excluding hydrogens is 318 g/mol. The van der Waals surface area contributed by atoms with Crippen LogP contribution in [-0.4, -0.2) is 24.8 Å². The van der Waals surface area contributed by atoms with E-state index in [1.807, 2.05) is 12.1 Å². The number of benzene rings is 1. The molecule has 4 rings (SSSR count). The lowest BCUT2D eigenvalue weighted by Crippen LogP contribution is -2.37. The Labute approximate surface area is 147 Å². The number of rotatable bonds is 4. The highest BCUT2D eigenvalue weighted by Gasteiger charge is 2.42. The fourth-order valence-corrected chi connectivity index (χ4v) is 4.51. The zero-order chi connectivity index (χ0) is 17.4. The van der Waals surface area contributed by atoms with E-state index in [2.05, 4.69) is 0 Å². The quantitative estimate of drug-likeness (QED) is 0.672. The second-order valence-electron chi connectivity index (χ2n) is 7.67. The lowest BCUT2D eigenvalue weighted by Gasteiger charge is -2.34. The van der Waals surface area contributed by atoms with Crippen LogP contribution in [0.3, 0.4) is 0 Å². The Morgan fingerprint density at radius 1 is 0.920 bits per heavy atom. The Hall–Kier alpha value is -1.72. The van der Waals surface area contributed by atoms with Crippen molar-refractivity contribution in [3.63, 3.8) is 0 Å². The van der Waals surface area contributed by atoms with Gasteiger partial charge in [-0.15, -0.1) is 0 Å². The monoisotopic (exact) mass is 343 g/mol. The zero-order valence-electron chi connectivity index (χ0n) is 14.4. The summed E-state index contributed by atoms with van der Waals surface area (Å²) in [5.41, 5.74) is 1.95. The van der Waals surface area contributed by atoms with Crippen LogP contribution in [0.1, 0.15) is 61.5 Å². The number of carbonyl (C=O) groups excluding carboxylic acids is 2. The summed E-state index contributed by atoms with van der Waals surface area (Å²) in [6, 6.07) is 5.59. The number of hydrogen-bond donors (Lipinski definition) is 1. The van der Waals surface area contributed by atoms with Crippen molar-refractivity contribution in [2.75, 3.05) is 13.2 Å². The maximum atomic E-state index is 12.9. The molecule has 0 atom stereocenters. The summed E-state index contributed by atoms with van der Waals surface area (Å²) >= 11 is 0. The van der Waals surface area contributed by atoms with Gasteiger partial charge in [-0.3, -0.25) is 9.59 Å². The summed E-state index contributed by atoms with van der Waals surface area (Å²) in [4.78, 5) is 30.7. The molecular formula is C20H25NO4. The minimum absolute atomic E-state index is 0.0591. The Morgan fingerprint density at radius 3 is 2.20 bits per heavy atom. The third kappa shape index (κ3) is 3.35. The SMILES string of the molecule is NOc1ccc(C2CC2)c(C2C(=O)CC(C3CCOCC3)CC2=O)c1. The molecule has 0 spiro atoms. The number of nitrogens with two attached hydrogens (primary N) is 1. The summed E-state index contributed by atoms with van der Waals surface area (Å²) in [5, 5.41) is 0. The molecule has 3 fully saturated rings. The van der Waals surface area contributed by atoms with Gasteiger partial charge in [0, 0.05) is 26.1 Å². The molecule has 1 aliphatic heterocycles. The average molecular weight is 343 g/mol. The molecule has 5 heteroatoms. The molecule has 1 aromatic carbocycles. The molecule has 0 bridgehead atoms. The standard InChI is InChI=1S/C20H25NO4/c21-25-15-3-4-16(13-1-2-13)17(11-15)20-18(22)9-14(10-19(20)23)12-5-7-24-8-6-12/h3-4,11-14,20H,1-2,5-10,21H2. The van der Waals surface area contributed by atoms with E-state index in [9.17, 15) is 9.59 Å². The fraction of sp³-hybridized carbons (Fsp3) is 0.600. The molecule has 3 aliphatic rings. The van der Waals surface area contributed by atoms with Gasteiger partial charge in [0.2, 0.25) is 0 Å². The van der Waals surface area contributed by atoms with E-state index in [1.165, 1.54) is 0 Å². The molecule has 0 radical (unpaired) electrons. The maximum absolute atomic E-state index is 12.9. The molecule has 0 amide bonds. The predicted molar refractivity (Wildman–Crippen MR) is 92.3 cm³/mol. The highest BCUT2D eigenvalue weighted by molar-refractivity contribution is 6.10. The Morgan fingerprint density at radius 2 is 1.60 bits per heavy atom. The minimum atomic E-state index is -0.637. The van der Waals surface area contributed by atoms with E-state index in [-0.39, 0.29) is 17.5 Å². The first-order valence-corrected chi connectivity index (χ1v) is 9.31. The van der Waals surface area contributed by atoms with E-state index < -0.39 is 5.92 Å². The first-order valence-electron chi connectivity index (χ1n) is 9.31. The average Bonchev–Trinajstić information content (AvgIpc) is 3.47. The number of carbonyl (C=O) groups is 2. The number of Topliss-reactive ketones (excluding diaryl/α,β-unsaturated/α-hetero) is 2. The zero-order valence-corrected chi connectivity index (χ0v) is 14.4. The van der Waals surface area contributed by atoms with Gasteiger partial charge in [-0.2, -0.15) is 5.90 Å². The van der Waals surface area contributed by atoms with Crippen LogP contribution in [0.25, 0.3) is 0 Å². The van der Waals surface area contributed by atoms with E-state index >= 15 is 0 Å². The van der Waals surface area contributed by atoms with Gasteiger partial charge in [0.15, 0.2) is 0 Å². The first kappa shape index (κ1) is 16.7. The molecule has 134 valence electrons. The van der Waals surface area contributed by atoms with Crippen molar-refractivity contribution < 1.29 is 19.2 Å². The third-order valence-electron chi connectivity index (χ3n) is 6.03. The molecule has 1 saturated heterocycles. The molecule has 0 aromatic heterocycles. The highest BCUT2D eigenvalue weighted by atomic mass is 16.6. The number of ether oxygens (including phenoxy) is 1. The van der Waals surface area contributed by atoms with E-state index in [4.69, 9.17) is 15.5 Å². The van der Waals surface area contributed by atoms with Gasteiger partial charge < -0.3 is 9.57 Å². The lowest BCUT2D eigenvalue weighted by atomic mass is 9.69. The van der Waals surface area contributed by atoms with Crippen molar-refractivity contribution in [2.45, 2.75) is 50.4 Å². The van der Waals surface area contributed by atoms with Crippen molar-refractivity contribution >= 4 is 11.6 Å². The van der Waals surface area contributed by atoms with Crippen molar-refractivity contribution in [3.8, 4) is 5.75 Å². The molecule has 25 heavy (non-hydrogen) atoms. The van der Waals surface area contributed by atoms with Crippen molar-refractivity contribution in [3.05, 3.63) is 29.3 Å². The molecule has 2 N–H and O–H groups in total. The molecule has 5 nitrogen and oxygen atoms in total. The van der Waals surface area contributed by atoms with Crippen LogP contribution in [0.4, 0.5) is 0 Å². The number of hydrogen-bond acceptors (Lipinski definition) is 5. The summed E-state index contributed by atoms with van der Waals surface area (Å²) in [6.45, 7) is 1.49. The van der Waals surface area contributed by atoms with Gasteiger partial charge in [-0.25, -0.2) is 0 Å². The first-order chi connectivity index (χ1) is 12.2. The third-order valence-corrected chi connectivity index (χ3v) is 6.03. The molecule has 1 heterocycles. The van der Waals surface area contributed by atoms with Gasteiger partial charge in [0.25, 0.3) is 0 Å². The van der Waals surface area contributed by atoms with Crippen LogP contribution in [0.2, 0.25) is 0 Å². The summed E-state index contributed by atoms with van der Waals surface area (Å²) in [5.74, 6) is 6.37. The Balaban J connectivity index is 1.59. The lowest BCUT2D eigenvalue weighted by molar-refractivity contribution is -0.135. The topological polar surface area (TPSA) is 78.6 Å². The second-order valence-corrected chi connectivity index (χ2v) is 7.67. The Kier molecular flexibility index (Phi) is 4.61. The van der Waals surface area contributed by atoms with Gasteiger partial charge in [-0.1, -0.05) is 6.07 Å². The van der Waals surface area contributed by atoms with E-state index in [0.29, 0.717) is 30.4 Å². The summed E-state index contributed by atoms with van der Waals surface area (Å²) in [6.07, 6.45) is 5.16. The van der Waals surface area contributed by atoms with Crippen LogP contribution < -0.4 is 10.7 Å². The Bertz CT molecular complexity index is 658. The van der Waals surface area contributed by atoms with Gasteiger partial charge in [0.05, 0.1) is 0 Å². The van der Waals surface area contributed by atoms with Crippen LogP contribution in [0.15, 0.2) is 18.2 Å². The molecule has 2 aliphatic carbocycles. The van der Waals surface area contributed by atoms with E-state index in [0.717, 1.165) is 50.0 Å². The van der Waals surface area contributed by atoms with Crippen molar-refractivity contribution in [2.24, 2.45) is 17.7 Å². The van der Waals surface area contributed by atoms with Gasteiger partial charge in [0.1, 0.15) is 23.2 Å². The van der Waals surface area contributed by atoms with Crippen LogP contribution in [0.5, 0.6) is 5.75 Å². The largest absolute Gasteiger partial charge is 0.412 e. The maximum Gasteiger partial charge on any atom is 0.148 e. The number of ketones is 2. The van der Waals surface area contributed by atoms with Crippen molar-refractivity contribution in [1.29, 1.82) is 0 Å².